The molecule has 1 aromatic carbocycles. The van der Waals surface area contributed by atoms with E-state index in [4.69, 9.17) is 21.1 Å². The summed E-state index contributed by atoms with van der Waals surface area (Å²) in [6.45, 7) is -0.511. The maximum absolute atomic E-state index is 12.5. The van der Waals surface area contributed by atoms with Crippen LogP contribution in [0.15, 0.2) is 30.3 Å². The van der Waals surface area contributed by atoms with Crippen molar-refractivity contribution in [2.24, 2.45) is 0 Å². The number of ether oxygens (including phenoxy) is 4. The topological polar surface area (TPSA) is 122 Å². The largest absolute Gasteiger partial charge is 0.461 e. The van der Waals surface area contributed by atoms with Gasteiger partial charge in [0.15, 0.2) is 0 Å². The van der Waals surface area contributed by atoms with Crippen LogP contribution >= 0.6 is 82.0 Å². The summed E-state index contributed by atoms with van der Waals surface area (Å²) in [6, 6.07) is 7.76. The van der Waals surface area contributed by atoms with Crippen LogP contribution in [0.5, 0.6) is 0 Å². The van der Waals surface area contributed by atoms with Gasteiger partial charge in [0.25, 0.3) is 4.51 Å². The van der Waals surface area contributed by atoms with E-state index in [0.717, 1.165) is 0 Å². The lowest BCUT2D eigenvalue weighted by Gasteiger charge is -2.26. The Morgan fingerprint density at radius 3 is 2.23 bits per heavy atom. The van der Waals surface area contributed by atoms with E-state index in [0.29, 0.717) is 0 Å². The van der Waals surface area contributed by atoms with Crippen LogP contribution in [-0.2, 0) is 47.4 Å². The van der Waals surface area contributed by atoms with E-state index in [1.165, 1.54) is 34.7 Å². The molecule has 0 aliphatic rings. The van der Waals surface area contributed by atoms with E-state index in [-0.39, 0.29) is 10.9 Å². The lowest BCUT2D eigenvalue weighted by atomic mass is 10.1. The van der Waals surface area contributed by atoms with Gasteiger partial charge in [0.1, 0.15) is 22.6 Å². The second kappa shape index (κ2) is 13.7. The number of hydrogen-bond donors (Lipinski definition) is 0. The molecule has 0 bridgehead atoms. The predicted octanol–water partition coefficient (Wildman–Crippen LogP) is 3.09. The third kappa shape index (κ3) is 8.94. The van der Waals surface area contributed by atoms with Crippen molar-refractivity contribution < 1.29 is 42.9 Å². The molecule has 3 unspecified atom stereocenters. The van der Waals surface area contributed by atoms with Crippen molar-refractivity contribution in [1.82, 2.24) is 0 Å². The Balaban J connectivity index is 2.86. The summed E-state index contributed by atoms with van der Waals surface area (Å²) in [7, 11) is 0. The average Bonchev–Trinajstić information content (AvgIpc) is 2.76. The van der Waals surface area contributed by atoms with Gasteiger partial charge in [-0.2, -0.15) is 0 Å². The number of hydrogen-bond acceptors (Lipinski definition) is 9. The number of rotatable bonds is 10. The Kier molecular flexibility index (Phi) is 12.5. The summed E-state index contributed by atoms with van der Waals surface area (Å²) in [5, 5.41) is -0.257. The number of alkyl halides is 5. The molecule has 0 saturated heterocycles. The minimum Gasteiger partial charge on any atom is -0.461 e. The highest BCUT2D eigenvalue weighted by atomic mass is 127. The molecule has 0 fully saturated rings. The molecule has 0 aliphatic heterocycles. The van der Waals surface area contributed by atoms with Crippen LogP contribution in [0, 0.1) is 0 Å². The molecule has 0 radical (unpaired) electrons. The first-order valence-corrected chi connectivity index (χ1v) is 12.6. The van der Waals surface area contributed by atoms with Crippen molar-refractivity contribution in [3.8, 4) is 0 Å². The zero-order valence-electron chi connectivity index (χ0n) is 15.2. The minimum absolute atomic E-state index is 0.174. The molecule has 3 atom stereocenters. The molecule has 0 aromatic heterocycles. The molecule has 170 valence electrons. The Morgan fingerprint density at radius 1 is 1.06 bits per heavy atom. The van der Waals surface area contributed by atoms with Gasteiger partial charge in [-0.1, -0.05) is 62.2 Å². The van der Waals surface area contributed by atoms with Crippen LogP contribution in [0.25, 0.3) is 0 Å². The average molecular weight is 763 g/mol. The van der Waals surface area contributed by atoms with Gasteiger partial charge in [-0.15, -0.1) is 11.6 Å². The van der Waals surface area contributed by atoms with Crippen molar-refractivity contribution in [1.29, 1.82) is 0 Å². The highest BCUT2D eigenvalue weighted by Crippen LogP contribution is 2.35. The number of benzene rings is 1. The lowest BCUT2D eigenvalue weighted by molar-refractivity contribution is -0.177. The fourth-order valence-corrected chi connectivity index (χ4v) is 3.12. The normalized spacial score (nSPS) is 14.4. The second-order valence-electron chi connectivity index (χ2n) is 5.31. The van der Waals surface area contributed by atoms with Gasteiger partial charge in [-0.25, -0.2) is 9.59 Å². The Hall–Kier alpha value is -0.770. The first kappa shape index (κ1) is 28.3. The Labute approximate surface area is 220 Å². The van der Waals surface area contributed by atoms with E-state index in [1.807, 2.05) is 0 Å². The van der Waals surface area contributed by atoms with E-state index >= 15 is 0 Å². The summed E-state index contributed by atoms with van der Waals surface area (Å²) in [5.74, 6) is -5.30. The number of halogens is 5. The van der Waals surface area contributed by atoms with E-state index in [9.17, 15) is 24.0 Å². The standard InChI is InChI=1S/C17H13Br3ClIO9/c18-6-11(23)30-16(27)17(20,9-4-2-1-3-5-9)31-14(25)10(19)8-28-15(26)13(22)29-12(24)7-21/h1-5,10,13H,6-8H2. The lowest BCUT2D eigenvalue weighted by Crippen LogP contribution is -2.40. The third-order valence-electron chi connectivity index (χ3n) is 3.12. The van der Waals surface area contributed by atoms with Crippen molar-refractivity contribution in [3.05, 3.63) is 35.9 Å². The first-order chi connectivity index (χ1) is 14.5. The summed E-state index contributed by atoms with van der Waals surface area (Å²) < 4.78 is 16.1. The van der Waals surface area contributed by atoms with Crippen LogP contribution in [0.3, 0.4) is 0 Å². The zero-order chi connectivity index (χ0) is 23.6. The molecule has 0 aliphatic carbocycles. The van der Waals surface area contributed by atoms with Gasteiger partial charge < -0.3 is 18.9 Å². The van der Waals surface area contributed by atoms with Crippen molar-refractivity contribution in [2.75, 3.05) is 17.8 Å². The van der Waals surface area contributed by atoms with Gasteiger partial charge in [0, 0.05) is 5.56 Å². The maximum atomic E-state index is 12.5. The molecule has 0 saturated carbocycles. The Morgan fingerprint density at radius 2 is 1.68 bits per heavy atom. The number of carbonyl (C=O) groups is 5. The van der Waals surface area contributed by atoms with E-state index < -0.39 is 55.8 Å². The molecular weight excluding hydrogens is 750 g/mol. The van der Waals surface area contributed by atoms with Crippen LogP contribution in [-0.4, -0.2) is 56.6 Å². The van der Waals surface area contributed by atoms with Gasteiger partial charge in [0.2, 0.25) is 4.11 Å². The maximum Gasteiger partial charge on any atom is 0.374 e. The van der Waals surface area contributed by atoms with Crippen LogP contribution in [0.1, 0.15) is 5.56 Å². The summed E-state index contributed by atoms with van der Waals surface area (Å²) in [6.07, 6.45) is 0. The highest BCUT2D eigenvalue weighted by Gasteiger charge is 2.45. The van der Waals surface area contributed by atoms with Crippen molar-refractivity contribution in [2.45, 2.75) is 13.4 Å². The van der Waals surface area contributed by atoms with Crippen LogP contribution < -0.4 is 0 Å². The summed E-state index contributed by atoms with van der Waals surface area (Å²) >= 11 is 15.7. The molecular formula is C17H13Br3ClIO9. The van der Waals surface area contributed by atoms with E-state index in [2.05, 4.69) is 57.3 Å². The SMILES string of the molecule is O=C(CBr)OC(=O)C(Br)(OC(=O)C(Br)COC(=O)C(I)OC(=O)CCl)c1ccccc1. The van der Waals surface area contributed by atoms with Crippen LogP contribution in [0.4, 0.5) is 0 Å². The molecule has 14 heteroatoms. The fourth-order valence-electron chi connectivity index (χ4n) is 1.75. The van der Waals surface area contributed by atoms with Gasteiger partial charge in [-0.05, 0) is 38.5 Å². The molecule has 0 amide bonds. The molecule has 1 rings (SSSR count). The third-order valence-corrected chi connectivity index (χ3v) is 6.14. The Bertz CT molecular complexity index is 826. The molecule has 31 heavy (non-hydrogen) atoms. The smallest absolute Gasteiger partial charge is 0.374 e. The summed E-state index contributed by atoms with van der Waals surface area (Å²) in [4.78, 5) is 58.3. The zero-order valence-corrected chi connectivity index (χ0v) is 22.9. The minimum atomic E-state index is -2.14. The van der Waals surface area contributed by atoms with Gasteiger partial charge >= 0.3 is 29.8 Å². The second-order valence-corrected chi connectivity index (χ2v) is 9.50. The monoisotopic (exact) mass is 760 g/mol. The van der Waals surface area contributed by atoms with Gasteiger partial charge in [0.05, 0.1) is 0 Å². The number of carbonyl (C=O) groups excluding carboxylic acids is 5. The first-order valence-electron chi connectivity index (χ1n) is 8.03. The predicted molar refractivity (Wildman–Crippen MR) is 126 cm³/mol. The van der Waals surface area contributed by atoms with Crippen molar-refractivity contribution in [3.63, 3.8) is 0 Å². The van der Waals surface area contributed by atoms with Crippen LogP contribution in [0.2, 0.25) is 0 Å². The van der Waals surface area contributed by atoms with Gasteiger partial charge in [-0.3, -0.25) is 14.4 Å². The van der Waals surface area contributed by atoms with E-state index in [1.54, 1.807) is 18.2 Å². The molecule has 0 heterocycles. The molecule has 0 N–H and O–H groups in total. The fraction of sp³-hybridized carbons (Fsp3) is 0.353. The van der Waals surface area contributed by atoms with Crippen molar-refractivity contribution >= 4 is 112 Å². The highest BCUT2D eigenvalue weighted by molar-refractivity contribution is 14.1. The number of esters is 5. The summed E-state index contributed by atoms with van der Waals surface area (Å²) in [5.41, 5.74) is 0.174. The molecule has 0 spiro atoms. The quantitative estimate of drug-likeness (QED) is 0.116. The molecule has 9 nitrogen and oxygen atoms in total. The molecule has 1 aromatic rings.